The zero-order valence-electron chi connectivity index (χ0n) is 11.3. The first-order valence-electron chi connectivity index (χ1n) is 6.58. The standard InChI is InChI=1S/C16H12Br2N2O/c1-2-15-19-13-6-4-3-5-11(13)16(21)20(15)14-9-10(17)7-8-12(14)18/h3-9H,2H2,1H3. The number of rotatable bonds is 2. The van der Waals surface area contributed by atoms with Crippen LogP contribution in [0, 0.1) is 0 Å². The smallest absolute Gasteiger partial charge is 0.266 e. The largest absolute Gasteiger partial charge is 0.268 e. The first-order chi connectivity index (χ1) is 10.1. The van der Waals surface area contributed by atoms with E-state index < -0.39 is 0 Å². The van der Waals surface area contributed by atoms with Crippen molar-refractivity contribution in [2.24, 2.45) is 0 Å². The molecule has 106 valence electrons. The summed E-state index contributed by atoms with van der Waals surface area (Å²) in [4.78, 5) is 17.5. The quantitative estimate of drug-likeness (QED) is 0.627. The fraction of sp³-hybridized carbons (Fsp3) is 0.125. The van der Waals surface area contributed by atoms with E-state index in [9.17, 15) is 4.79 Å². The number of hydrogen-bond acceptors (Lipinski definition) is 2. The maximum Gasteiger partial charge on any atom is 0.266 e. The van der Waals surface area contributed by atoms with Crippen molar-refractivity contribution in [3.63, 3.8) is 0 Å². The predicted octanol–water partition coefficient (Wildman–Crippen LogP) is 4.47. The molecular formula is C16H12Br2N2O. The monoisotopic (exact) mass is 406 g/mol. The van der Waals surface area contributed by atoms with Crippen LogP contribution in [0.5, 0.6) is 0 Å². The second-order valence-corrected chi connectivity index (χ2v) is 6.41. The van der Waals surface area contributed by atoms with Gasteiger partial charge in [-0.15, -0.1) is 0 Å². The number of fused-ring (bicyclic) bond motifs is 1. The van der Waals surface area contributed by atoms with Gasteiger partial charge in [0.15, 0.2) is 0 Å². The zero-order chi connectivity index (χ0) is 15.0. The Balaban J connectivity index is 2.44. The molecule has 0 radical (unpaired) electrons. The van der Waals surface area contributed by atoms with Crippen molar-refractivity contribution < 1.29 is 0 Å². The first kappa shape index (κ1) is 14.5. The Hall–Kier alpha value is -1.46. The van der Waals surface area contributed by atoms with Crippen LogP contribution in [0.2, 0.25) is 0 Å². The molecule has 0 unspecified atom stereocenters. The van der Waals surface area contributed by atoms with Gasteiger partial charge in [-0.05, 0) is 46.3 Å². The van der Waals surface area contributed by atoms with Crippen LogP contribution in [0.15, 0.2) is 56.2 Å². The summed E-state index contributed by atoms with van der Waals surface area (Å²) in [5.41, 5.74) is 1.49. The Morgan fingerprint density at radius 1 is 1.14 bits per heavy atom. The summed E-state index contributed by atoms with van der Waals surface area (Å²) < 4.78 is 3.46. The van der Waals surface area contributed by atoms with Crippen LogP contribution >= 0.6 is 31.9 Å². The number of nitrogens with zero attached hydrogens (tertiary/aromatic N) is 2. The van der Waals surface area contributed by atoms with Gasteiger partial charge in [0.1, 0.15) is 5.82 Å². The molecule has 0 fully saturated rings. The Morgan fingerprint density at radius 2 is 1.90 bits per heavy atom. The van der Waals surface area contributed by atoms with Crippen LogP contribution in [0.1, 0.15) is 12.7 Å². The number of halogens is 2. The lowest BCUT2D eigenvalue weighted by Gasteiger charge is -2.14. The SMILES string of the molecule is CCc1nc2ccccc2c(=O)n1-c1cc(Br)ccc1Br. The summed E-state index contributed by atoms with van der Waals surface area (Å²) in [6.45, 7) is 2.00. The van der Waals surface area contributed by atoms with Gasteiger partial charge in [0, 0.05) is 15.4 Å². The summed E-state index contributed by atoms with van der Waals surface area (Å²) in [5.74, 6) is 0.748. The van der Waals surface area contributed by atoms with Crippen molar-refractivity contribution in [2.75, 3.05) is 0 Å². The predicted molar refractivity (Wildman–Crippen MR) is 92.1 cm³/mol. The van der Waals surface area contributed by atoms with Gasteiger partial charge in [0.05, 0.1) is 16.6 Å². The minimum atomic E-state index is -0.0451. The molecule has 0 spiro atoms. The molecule has 0 saturated carbocycles. The van der Waals surface area contributed by atoms with Gasteiger partial charge in [0.25, 0.3) is 5.56 Å². The molecule has 21 heavy (non-hydrogen) atoms. The molecule has 0 atom stereocenters. The van der Waals surface area contributed by atoms with E-state index in [2.05, 4.69) is 36.8 Å². The lowest BCUT2D eigenvalue weighted by Crippen LogP contribution is -2.24. The van der Waals surface area contributed by atoms with Crippen molar-refractivity contribution >= 4 is 42.8 Å². The number of aromatic nitrogens is 2. The molecular weight excluding hydrogens is 396 g/mol. The average Bonchev–Trinajstić information content (AvgIpc) is 2.50. The maximum absolute atomic E-state index is 12.9. The number of para-hydroxylation sites is 1. The molecule has 0 saturated heterocycles. The van der Waals surface area contributed by atoms with Crippen molar-refractivity contribution in [3.8, 4) is 5.69 Å². The number of aryl methyl sites for hydroxylation is 1. The van der Waals surface area contributed by atoms with Crippen LogP contribution in [-0.4, -0.2) is 9.55 Å². The minimum absolute atomic E-state index is 0.0451. The van der Waals surface area contributed by atoms with E-state index in [0.29, 0.717) is 11.8 Å². The average molecular weight is 408 g/mol. The molecule has 0 aliphatic carbocycles. The summed E-state index contributed by atoms with van der Waals surface area (Å²) in [6.07, 6.45) is 0.680. The highest BCUT2D eigenvalue weighted by atomic mass is 79.9. The molecule has 0 N–H and O–H groups in total. The van der Waals surface area contributed by atoms with Crippen LogP contribution in [0.25, 0.3) is 16.6 Å². The highest BCUT2D eigenvalue weighted by molar-refractivity contribution is 9.11. The van der Waals surface area contributed by atoms with Gasteiger partial charge < -0.3 is 0 Å². The molecule has 3 nitrogen and oxygen atoms in total. The highest BCUT2D eigenvalue weighted by Crippen LogP contribution is 2.25. The van der Waals surface area contributed by atoms with Gasteiger partial charge in [0.2, 0.25) is 0 Å². The number of benzene rings is 2. The molecule has 5 heteroatoms. The lowest BCUT2D eigenvalue weighted by atomic mass is 10.2. The van der Waals surface area contributed by atoms with Gasteiger partial charge >= 0.3 is 0 Å². The van der Waals surface area contributed by atoms with Crippen LogP contribution in [0.4, 0.5) is 0 Å². The summed E-state index contributed by atoms with van der Waals surface area (Å²) >= 11 is 6.98. The molecule has 0 amide bonds. The maximum atomic E-state index is 12.9. The van der Waals surface area contributed by atoms with Gasteiger partial charge in [-0.25, -0.2) is 4.98 Å². The van der Waals surface area contributed by atoms with Gasteiger partial charge in [-0.1, -0.05) is 35.0 Å². The second-order valence-electron chi connectivity index (χ2n) is 4.64. The Kier molecular flexibility index (Phi) is 3.95. The lowest BCUT2D eigenvalue weighted by molar-refractivity contribution is 0.830. The second kappa shape index (κ2) is 5.73. The fourth-order valence-corrected chi connectivity index (χ4v) is 3.09. The van der Waals surface area contributed by atoms with Crippen LogP contribution in [0.3, 0.4) is 0 Å². The summed E-state index contributed by atoms with van der Waals surface area (Å²) in [7, 11) is 0. The normalized spacial score (nSPS) is 11.0. The summed E-state index contributed by atoms with van der Waals surface area (Å²) in [6, 6.07) is 13.2. The Bertz CT molecular complexity index is 887. The molecule has 3 rings (SSSR count). The summed E-state index contributed by atoms with van der Waals surface area (Å²) in [5, 5.41) is 0.626. The van der Waals surface area contributed by atoms with E-state index in [1.54, 1.807) is 4.57 Å². The van der Waals surface area contributed by atoms with E-state index in [1.807, 2.05) is 49.4 Å². The Morgan fingerprint density at radius 3 is 2.67 bits per heavy atom. The molecule has 1 heterocycles. The third-order valence-electron chi connectivity index (χ3n) is 3.31. The molecule has 0 aliphatic rings. The van der Waals surface area contributed by atoms with Gasteiger partial charge in [-0.2, -0.15) is 0 Å². The van der Waals surface area contributed by atoms with E-state index in [4.69, 9.17) is 0 Å². The molecule has 0 aliphatic heterocycles. The van der Waals surface area contributed by atoms with Crippen molar-refractivity contribution in [2.45, 2.75) is 13.3 Å². The van der Waals surface area contributed by atoms with E-state index in [1.165, 1.54) is 0 Å². The Labute approximate surface area is 138 Å². The van der Waals surface area contributed by atoms with E-state index >= 15 is 0 Å². The first-order valence-corrected chi connectivity index (χ1v) is 8.16. The zero-order valence-corrected chi connectivity index (χ0v) is 14.5. The van der Waals surface area contributed by atoms with Crippen LogP contribution < -0.4 is 5.56 Å². The third-order valence-corrected chi connectivity index (χ3v) is 4.47. The molecule has 3 aromatic rings. The van der Waals surface area contributed by atoms with Crippen molar-refractivity contribution in [1.29, 1.82) is 0 Å². The van der Waals surface area contributed by atoms with Crippen molar-refractivity contribution in [3.05, 3.63) is 67.6 Å². The van der Waals surface area contributed by atoms with Crippen molar-refractivity contribution in [1.82, 2.24) is 9.55 Å². The molecule has 0 bridgehead atoms. The van der Waals surface area contributed by atoms with Crippen LogP contribution in [-0.2, 0) is 6.42 Å². The molecule has 1 aromatic heterocycles. The topological polar surface area (TPSA) is 34.9 Å². The highest BCUT2D eigenvalue weighted by Gasteiger charge is 2.13. The fourth-order valence-electron chi connectivity index (χ4n) is 2.32. The van der Waals surface area contributed by atoms with Gasteiger partial charge in [-0.3, -0.25) is 9.36 Å². The minimum Gasteiger partial charge on any atom is -0.268 e. The number of hydrogen-bond donors (Lipinski definition) is 0. The molecule has 2 aromatic carbocycles. The van der Waals surface area contributed by atoms with E-state index in [-0.39, 0.29) is 5.56 Å². The van der Waals surface area contributed by atoms with E-state index in [0.717, 1.165) is 26.0 Å². The third kappa shape index (κ3) is 2.56.